The molecule has 0 amide bonds. The Kier molecular flexibility index (Phi) is 6.55. The highest BCUT2D eigenvalue weighted by molar-refractivity contribution is 6.31. The fraction of sp³-hybridized carbons (Fsp3) is 0.643. The van der Waals surface area contributed by atoms with Crippen LogP contribution in [0.15, 0.2) is 12.3 Å². The summed E-state index contributed by atoms with van der Waals surface area (Å²) in [6.45, 7) is 7.06. The zero-order chi connectivity index (χ0) is 14.4. The van der Waals surface area contributed by atoms with Crippen molar-refractivity contribution in [1.29, 1.82) is 0 Å². The first kappa shape index (κ1) is 16.2. The number of nitrogens with zero attached hydrogens (tertiary/aromatic N) is 3. The van der Waals surface area contributed by atoms with Gasteiger partial charge in [-0.25, -0.2) is 4.98 Å². The van der Waals surface area contributed by atoms with Gasteiger partial charge in [-0.3, -0.25) is 0 Å². The van der Waals surface area contributed by atoms with Crippen molar-refractivity contribution in [2.24, 2.45) is 0 Å². The van der Waals surface area contributed by atoms with Gasteiger partial charge in [0.1, 0.15) is 5.82 Å². The monoisotopic (exact) mass is 284 g/mol. The first-order chi connectivity index (χ1) is 8.99. The van der Waals surface area contributed by atoms with Crippen LogP contribution >= 0.6 is 11.6 Å². The van der Waals surface area contributed by atoms with E-state index in [0.29, 0.717) is 6.04 Å². The Morgan fingerprint density at radius 3 is 2.63 bits per heavy atom. The molecule has 4 nitrogen and oxygen atoms in total. The number of nitrogens with one attached hydrogen (secondary N) is 1. The van der Waals surface area contributed by atoms with E-state index in [1.807, 2.05) is 7.05 Å². The number of aromatic nitrogens is 1. The number of likely N-dealkylation sites (N-methyl/N-ethyl adjacent to an activating group) is 2. The average Bonchev–Trinajstić information content (AvgIpc) is 2.33. The van der Waals surface area contributed by atoms with Crippen LogP contribution in [0.3, 0.4) is 0 Å². The lowest BCUT2D eigenvalue weighted by Crippen LogP contribution is -2.40. The molecule has 0 aromatic carbocycles. The number of rotatable bonds is 7. The smallest absolute Gasteiger partial charge is 0.129 e. The highest BCUT2D eigenvalue weighted by Crippen LogP contribution is 2.21. The summed E-state index contributed by atoms with van der Waals surface area (Å²) in [5, 5.41) is 3.85. The van der Waals surface area contributed by atoms with E-state index in [9.17, 15) is 0 Å². The van der Waals surface area contributed by atoms with Gasteiger partial charge in [0.2, 0.25) is 0 Å². The zero-order valence-corrected chi connectivity index (χ0v) is 13.3. The number of hydrogen-bond acceptors (Lipinski definition) is 4. The van der Waals surface area contributed by atoms with Crippen LogP contribution in [0.25, 0.3) is 0 Å². The van der Waals surface area contributed by atoms with Gasteiger partial charge in [0, 0.05) is 31.9 Å². The summed E-state index contributed by atoms with van der Waals surface area (Å²) in [4.78, 5) is 8.96. The standard InChI is InChI=1S/C14H25ClN4/c1-6-19(11(2)10-18(4)5)14-7-12(8-16-3)13(15)9-17-14/h7,9,11,16H,6,8,10H2,1-5H3. The number of pyridine rings is 1. The van der Waals surface area contributed by atoms with Crippen LogP contribution in [-0.4, -0.2) is 50.2 Å². The molecule has 0 aliphatic carbocycles. The first-order valence-electron chi connectivity index (χ1n) is 6.70. The van der Waals surface area contributed by atoms with Crippen molar-refractivity contribution in [3.63, 3.8) is 0 Å². The van der Waals surface area contributed by atoms with Crippen LogP contribution < -0.4 is 10.2 Å². The Morgan fingerprint density at radius 1 is 1.42 bits per heavy atom. The molecule has 5 heteroatoms. The summed E-state index contributed by atoms with van der Waals surface area (Å²) >= 11 is 6.16. The van der Waals surface area contributed by atoms with Gasteiger partial charge in [0.05, 0.1) is 5.02 Å². The number of anilines is 1. The van der Waals surface area contributed by atoms with E-state index in [1.54, 1.807) is 6.20 Å². The highest BCUT2D eigenvalue weighted by atomic mass is 35.5. The van der Waals surface area contributed by atoms with Crippen LogP contribution in [0, 0.1) is 0 Å². The zero-order valence-electron chi connectivity index (χ0n) is 12.6. The third kappa shape index (κ3) is 4.64. The second kappa shape index (κ2) is 7.68. The van der Waals surface area contributed by atoms with Crippen LogP contribution in [0.1, 0.15) is 19.4 Å². The van der Waals surface area contributed by atoms with Gasteiger partial charge >= 0.3 is 0 Å². The van der Waals surface area contributed by atoms with Crippen molar-refractivity contribution >= 4 is 17.4 Å². The molecule has 1 N–H and O–H groups in total. The van der Waals surface area contributed by atoms with E-state index >= 15 is 0 Å². The molecule has 0 aliphatic heterocycles. The van der Waals surface area contributed by atoms with Crippen LogP contribution in [0.4, 0.5) is 5.82 Å². The number of hydrogen-bond donors (Lipinski definition) is 1. The van der Waals surface area contributed by atoms with Gasteiger partial charge in [-0.05, 0) is 46.6 Å². The topological polar surface area (TPSA) is 31.4 Å². The van der Waals surface area contributed by atoms with E-state index in [-0.39, 0.29) is 0 Å². The number of halogens is 1. The molecule has 1 heterocycles. The van der Waals surface area contributed by atoms with Crippen LogP contribution in [-0.2, 0) is 6.54 Å². The third-order valence-electron chi connectivity index (χ3n) is 3.08. The van der Waals surface area contributed by atoms with Gasteiger partial charge in [-0.2, -0.15) is 0 Å². The van der Waals surface area contributed by atoms with Gasteiger partial charge in [0.15, 0.2) is 0 Å². The third-order valence-corrected chi connectivity index (χ3v) is 3.42. The molecule has 0 fully saturated rings. The summed E-state index contributed by atoms with van der Waals surface area (Å²) in [6, 6.07) is 2.49. The van der Waals surface area contributed by atoms with E-state index in [0.717, 1.165) is 36.0 Å². The highest BCUT2D eigenvalue weighted by Gasteiger charge is 2.16. The molecule has 1 aromatic rings. The minimum Gasteiger partial charge on any atom is -0.353 e. The van der Waals surface area contributed by atoms with Crippen molar-refractivity contribution in [2.45, 2.75) is 26.4 Å². The van der Waals surface area contributed by atoms with E-state index < -0.39 is 0 Å². The van der Waals surface area contributed by atoms with Crippen molar-refractivity contribution in [2.75, 3.05) is 39.1 Å². The molecule has 0 aliphatic rings. The molecule has 0 spiro atoms. The van der Waals surface area contributed by atoms with E-state index in [2.05, 4.69) is 54.1 Å². The molecule has 1 atom stereocenters. The average molecular weight is 285 g/mol. The molecule has 0 bridgehead atoms. The minimum absolute atomic E-state index is 0.413. The largest absolute Gasteiger partial charge is 0.353 e. The molecule has 1 unspecified atom stereocenters. The molecule has 1 aromatic heterocycles. The molecule has 1 rings (SSSR count). The molecule has 0 radical (unpaired) electrons. The Bertz CT molecular complexity index is 395. The van der Waals surface area contributed by atoms with E-state index in [1.165, 1.54) is 0 Å². The van der Waals surface area contributed by atoms with Crippen LogP contribution in [0.5, 0.6) is 0 Å². The van der Waals surface area contributed by atoms with Gasteiger partial charge in [-0.15, -0.1) is 0 Å². The molecule has 0 saturated carbocycles. The fourth-order valence-corrected chi connectivity index (χ4v) is 2.45. The predicted molar refractivity (Wildman–Crippen MR) is 83.0 cm³/mol. The predicted octanol–water partition coefficient (Wildman–Crippen LogP) is 2.23. The first-order valence-corrected chi connectivity index (χ1v) is 7.07. The quantitative estimate of drug-likeness (QED) is 0.832. The van der Waals surface area contributed by atoms with Crippen molar-refractivity contribution < 1.29 is 0 Å². The van der Waals surface area contributed by atoms with E-state index in [4.69, 9.17) is 11.6 Å². The van der Waals surface area contributed by atoms with Gasteiger partial charge < -0.3 is 15.1 Å². The summed E-state index contributed by atoms with van der Waals surface area (Å²) in [5.74, 6) is 0.992. The van der Waals surface area contributed by atoms with Crippen molar-refractivity contribution in [1.82, 2.24) is 15.2 Å². The van der Waals surface area contributed by atoms with Gasteiger partial charge in [-0.1, -0.05) is 11.6 Å². The maximum absolute atomic E-state index is 6.16. The Labute approximate surface area is 121 Å². The van der Waals surface area contributed by atoms with Crippen molar-refractivity contribution in [3.8, 4) is 0 Å². The fourth-order valence-electron chi connectivity index (χ4n) is 2.28. The summed E-state index contributed by atoms with van der Waals surface area (Å²) < 4.78 is 0. The molecule has 19 heavy (non-hydrogen) atoms. The Hall–Kier alpha value is -0.840. The molecular formula is C14H25ClN4. The SMILES string of the molecule is CCN(c1cc(CNC)c(Cl)cn1)C(C)CN(C)C. The second-order valence-corrected chi connectivity index (χ2v) is 5.47. The normalized spacial score (nSPS) is 12.8. The lowest BCUT2D eigenvalue weighted by Gasteiger charge is -2.31. The summed E-state index contributed by atoms with van der Waals surface area (Å²) in [7, 11) is 6.10. The minimum atomic E-state index is 0.413. The summed E-state index contributed by atoms with van der Waals surface area (Å²) in [6.07, 6.45) is 1.74. The lowest BCUT2D eigenvalue weighted by atomic mass is 10.2. The molecule has 108 valence electrons. The summed E-state index contributed by atoms with van der Waals surface area (Å²) in [5.41, 5.74) is 1.09. The molecular weight excluding hydrogens is 260 g/mol. The van der Waals surface area contributed by atoms with Crippen molar-refractivity contribution in [3.05, 3.63) is 22.8 Å². The Morgan fingerprint density at radius 2 is 2.11 bits per heavy atom. The maximum Gasteiger partial charge on any atom is 0.129 e. The maximum atomic E-state index is 6.16. The van der Waals surface area contributed by atoms with Gasteiger partial charge in [0.25, 0.3) is 0 Å². The second-order valence-electron chi connectivity index (χ2n) is 5.06. The molecule has 0 saturated heterocycles. The lowest BCUT2D eigenvalue weighted by molar-refractivity contribution is 0.372. The Balaban J connectivity index is 2.94. The van der Waals surface area contributed by atoms with Crippen LogP contribution in [0.2, 0.25) is 5.02 Å².